The smallest absolute Gasteiger partial charge is 0.408 e. The van der Waals surface area contributed by atoms with E-state index < -0.39 is 18.1 Å². The molecule has 0 aromatic heterocycles. The van der Waals surface area contributed by atoms with Crippen LogP contribution in [-0.2, 0) is 32.1 Å². The van der Waals surface area contributed by atoms with Crippen molar-refractivity contribution < 1.29 is 23.9 Å². The Labute approximate surface area is 168 Å². The first-order valence-corrected chi connectivity index (χ1v) is 9.90. The molecule has 0 saturated carbocycles. The number of benzene rings is 2. The molecule has 7 heteroatoms. The third-order valence-corrected chi connectivity index (χ3v) is 4.66. The molecule has 1 atom stereocenters. The number of esters is 1. The lowest BCUT2D eigenvalue weighted by Crippen LogP contribution is -2.41. The van der Waals surface area contributed by atoms with Gasteiger partial charge in [-0.25, -0.2) is 4.79 Å². The number of hydrogen-bond acceptors (Lipinski definition) is 6. The largest absolute Gasteiger partial charge is 0.465 e. The molecule has 28 heavy (non-hydrogen) atoms. The van der Waals surface area contributed by atoms with Crippen molar-refractivity contribution in [2.75, 3.05) is 12.4 Å². The third-order valence-electron chi connectivity index (χ3n) is 3.71. The summed E-state index contributed by atoms with van der Waals surface area (Å²) < 4.78 is 10.0. The number of nitrogens with one attached hydrogen (secondary N) is 1. The Morgan fingerprint density at radius 1 is 0.929 bits per heavy atom. The van der Waals surface area contributed by atoms with Gasteiger partial charge in [-0.1, -0.05) is 72.4 Å². The van der Waals surface area contributed by atoms with Gasteiger partial charge in [-0.3, -0.25) is 9.59 Å². The van der Waals surface area contributed by atoms with Crippen LogP contribution in [0, 0.1) is 0 Å². The predicted molar refractivity (Wildman–Crippen MR) is 108 cm³/mol. The van der Waals surface area contributed by atoms with E-state index in [1.807, 2.05) is 60.7 Å². The minimum Gasteiger partial charge on any atom is -0.465 e. The monoisotopic (exact) mass is 401 g/mol. The van der Waals surface area contributed by atoms with Gasteiger partial charge in [0.1, 0.15) is 12.6 Å². The average molecular weight is 401 g/mol. The van der Waals surface area contributed by atoms with Crippen LogP contribution in [0.5, 0.6) is 0 Å². The van der Waals surface area contributed by atoms with E-state index >= 15 is 0 Å². The van der Waals surface area contributed by atoms with Gasteiger partial charge in [0.15, 0.2) is 0 Å². The van der Waals surface area contributed by atoms with E-state index in [4.69, 9.17) is 9.47 Å². The van der Waals surface area contributed by atoms with E-state index in [-0.39, 0.29) is 24.1 Å². The van der Waals surface area contributed by atoms with E-state index in [1.54, 1.807) is 6.92 Å². The molecule has 2 aromatic rings. The van der Waals surface area contributed by atoms with Crippen LogP contribution in [0.2, 0.25) is 0 Å². The van der Waals surface area contributed by atoms with E-state index in [1.165, 1.54) is 0 Å². The minimum absolute atomic E-state index is 0.0985. The molecule has 0 bridgehead atoms. The summed E-state index contributed by atoms with van der Waals surface area (Å²) >= 11 is 0.825. The summed E-state index contributed by atoms with van der Waals surface area (Å²) in [5.41, 5.74) is 1.74. The quantitative estimate of drug-likeness (QED) is 0.649. The van der Waals surface area contributed by atoms with Crippen molar-refractivity contribution in [3.8, 4) is 0 Å². The van der Waals surface area contributed by atoms with Crippen molar-refractivity contribution in [1.29, 1.82) is 0 Å². The van der Waals surface area contributed by atoms with E-state index in [9.17, 15) is 14.4 Å². The third kappa shape index (κ3) is 7.84. The summed E-state index contributed by atoms with van der Waals surface area (Å²) in [5, 5.41) is 2.28. The highest BCUT2D eigenvalue weighted by atomic mass is 32.2. The molecule has 0 spiro atoms. The van der Waals surface area contributed by atoms with Crippen molar-refractivity contribution in [3.05, 3.63) is 71.8 Å². The van der Waals surface area contributed by atoms with Crippen LogP contribution in [0.3, 0.4) is 0 Å². The van der Waals surface area contributed by atoms with Crippen LogP contribution >= 0.6 is 11.8 Å². The topological polar surface area (TPSA) is 81.7 Å². The van der Waals surface area contributed by atoms with Crippen LogP contribution in [0.4, 0.5) is 4.79 Å². The fraction of sp³-hybridized carbons (Fsp3) is 0.286. The Morgan fingerprint density at radius 3 is 2.14 bits per heavy atom. The molecule has 0 saturated heterocycles. The van der Waals surface area contributed by atoms with Gasteiger partial charge in [0, 0.05) is 6.42 Å². The van der Waals surface area contributed by atoms with E-state index in [2.05, 4.69) is 5.32 Å². The van der Waals surface area contributed by atoms with Gasteiger partial charge in [-0.15, -0.1) is 0 Å². The molecule has 1 N–H and O–H groups in total. The molecular weight excluding hydrogens is 378 g/mol. The molecule has 0 aliphatic carbocycles. The van der Waals surface area contributed by atoms with Crippen molar-refractivity contribution in [2.24, 2.45) is 0 Å². The summed E-state index contributed by atoms with van der Waals surface area (Å²) in [6.45, 7) is 2.06. The van der Waals surface area contributed by atoms with Gasteiger partial charge < -0.3 is 14.8 Å². The maximum atomic E-state index is 12.6. The fourth-order valence-electron chi connectivity index (χ4n) is 2.38. The standard InChI is InChI=1S/C21H23NO5S/c1-2-26-19(23)15-28-20(24)18(13-16-9-5-3-6-10-16)22-21(25)27-14-17-11-7-4-8-12-17/h3-12,18H,2,13-15H2,1H3,(H,22,25)/t18-/m0/s1. The fourth-order valence-corrected chi connectivity index (χ4v) is 3.07. The lowest BCUT2D eigenvalue weighted by Gasteiger charge is -2.17. The van der Waals surface area contributed by atoms with Gasteiger partial charge in [-0.05, 0) is 18.1 Å². The van der Waals surface area contributed by atoms with Crippen molar-refractivity contribution >= 4 is 28.9 Å². The molecule has 0 heterocycles. The number of hydrogen-bond donors (Lipinski definition) is 1. The second-order valence-corrected chi connectivity index (χ2v) is 6.84. The van der Waals surface area contributed by atoms with E-state index in [0.29, 0.717) is 6.42 Å². The van der Waals surface area contributed by atoms with Gasteiger partial charge in [0.05, 0.1) is 12.4 Å². The zero-order valence-electron chi connectivity index (χ0n) is 15.6. The first kappa shape index (κ1) is 21.5. The number of thioether (sulfide) groups is 1. The molecule has 0 fully saturated rings. The lowest BCUT2D eigenvalue weighted by atomic mass is 10.1. The lowest BCUT2D eigenvalue weighted by molar-refractivity contribution is -0.140. The van der Waals surface area contributed by atoms with Crippen LogP contribution in [0.1, 0.15) is 18.1 Å². The molecule has 2 aromatic carbocycles. The Morgan fingerprint density at radius 2 is 1.54 bits per heavy atom. The molecule has 6 nitrogen and oxygen atoms in total. The summed E-state index contributed by atoms with van der Waals surface area (Å²) in [6.07, 6.45) is -0.384. The van der Waals surface area contributed by atoms with Crippen LogP contribution < -0.4 is 5.32 Å². The summed E-state index contributed by atoms with van der Waals surface area (Å²) in [4.78, 5) is 36.2. The molecule has 0 aliphatic rings. The van der Waals surface area contributed by atoms with Gasteiger partial charge in [0.25, 0.3) is 0 Å². The molecule has 0 radical (unpaired) electrons. The Balaban J connectivity index is 1.95. The number of carbonyl (C=O) groups is 3. The van der Waals surface area contributed by atoms with Crippen LogP contribution in [0.15, 0.2) is 60.7 Å². The number of amides is 1. The Hall–Kier alpha value is -2.80. The molecule has 148 valence electrons. The van der Waals surface area contributed by atoms with Gasteiger partial charge in [0.2, 0.25) is 5.12 Å². The van der Waals surface area contributed by atoms with E-state index in [0.717, 1.165) is 22.9 Å². The van der Waals surface area contributed by atoms with Crippen molar-refractivity contribution in [2.45, 2.75) is 26.0 Å². The SMILES string of the molecule is CCOC(=O)CSC(=O)[C@H](Cc1ccccc1)NC(=O)OCc1ccccc1. The molecule has 2 rings (SSSR count). The maximum Gasteiger partial charge on any atom is 0.408 e. The first-order valence-electron chi connectivity index (χ1n) is 8.92. The zero-order valence-corrected chi connectivity index (χ0v) is 16.4. The number of rotatable bonds is 9. The number of alkyl carbamates (subject to hydrolysis) is 1. The second-order valence-electron chi connectivity index (χ2n) is 5.86. The Bertz CT molecular complexity index is 767. The molecule has 0 aliphatic heterocycles. The highest BCUT2D eigenvalue weighted by Crippen LogP contribution is 2.12. The predicted octanol–water partition coefficient (Wildman–Crippen LogP) is 3.35. The normalized spacial score (nSPS) is 11.3. The molecule has 0 unspecified atom stereocenters. The van der Waals surface area contributed by atoms with Crippen LogP contribution in [0.25, 0.3) is 0 Å². The van der Waals surface area contributed by atoms with Gasteiger partial charge >= 0.3 is 12.1 Å². The Kier molecular flexibility index (Phi) is 9.07. The van der Waals surface area contributed by atoms with Crippen molar-refractivity contribution in [1.82, 2.24) is 5.32 Å². The highest BCUT2D eigenvalue weighted by molar-refractivity contribution is 8.14. The van der Waals surface area contributed by atoms with Crippen LogP contribution in [-0.4, -0.2) is 35.6 Å². The molecular formula is C21H23NO5S. The summed E-state index contributed by atoms with van der Waals surface area (Å²) in [6, 6.07) is 17.8. The summed E-state index contributed by atoms with van der Waals surface area (Å²) in [7, 11) is 0. The minimum atomic E-state index is -0.815. The zero-order chi connectivity index (χ0) is 20.2. The number of ether oxygens (including phenoxy) is 2. The number of carbonyl (C=O) groups excluding carboxylic acids is 3. The van der Waals surface area contributed by atoms with Crippen molar-refractivity contribution in [3.63, 3.8) is 0 Å². The maximum absolute atomic E-state index is 12.6. The second kappa shape index (κ2) is 11.8. The average Bonchev–Trinajstić information content (AvgIpc) is 2.72. The molecule has 1 amide bonds. The van der Waals surface area contributed by atoms with Gasteiger partial charge in [-0.2, -0.15) is 0 Å². The highest BCUT2D eigenvalue weighted by Gasteiger charge is 2.23. The summed E-state index contributed by atoms with van der Waals surface area (Å²) in [5.74, 6) is -0.565. The first-order chi connectivity index (χ1) is 13.6.